The van der Waals surface area contributed by atoms with Gasteiger partial charge in [0.2, 0.25) is 0 Å². The molecule has 94 valence electrons. The third-order valence-electron chi connectivity index (χ3n) is 3.13. The number of carbonyl (C=O) groups excluding carboxylic acids is 1. The second-order valence-corrected chi connectivity index (χ2v) is 4.30. The maximum Gasteiger partial charge on any atom is 0.289 e. The number of amides is 1. The molecule has 0 radical (unpaired) electrons. The Bertz CT molecular complexity index is 401. The third-order valence-corrected chi connectivity index (χ3v) is 3.13. The lowest BCUT2D eigenvalue weighted by Crippen LogP contribution is -2.37. The van der Waals surface area contributed by atoms with Gasteiger partial charge in [-0.25, -0.2) is 0 Å². The SMILES string of the molecule is CO[C@@H]1C[C@@H](CO)N(C(=O)c2ccc(C)o2)C1. The Hall–Kier alpha value is -1.33. The van der Waals surface area contributed by atoms with Gasteiger partial charge < -0.3 is 19.2 Å². The molecule has 0 saturated carbocycles. The number of aliphatic hydroxyl groups excluding tert-OH is 1. The summed E-state index contributed by atoms with van der Waals surface area (Å²) >= 11 is 0. The van der Waals surface area contributed by atoms with Gasteiger partial charge in [0.15, 0.2) is 5.76 Å². The highest BCUT2D eigenvalue weighted by Crippen LogP contribution is 2.22. The highest BCUT2D eigenvalue weighted by Gasteiger charge is 2.36. The largest absolute Gasteiger partial charge is 0.456 e. The highest BCUT2D eigenvalue weighted by atomic mass is 16.5. The van der Waals surface area contributed by atoms with E-state index in [2.05, 4.69) is 0 Å². The van der Waals surface area contributed by atoms with Crippen LogP contribution in [0.3, 0.4) is 0 Å². The first kappa shape index (κ1) is 12.1. The first-order chi connectivity index (χ1) is 8.15. The van der Waals surface area contributed by atoms with Crippen LogP contribution in [0, 0.1) is 6.92 Å². The summed E-state index contributed by atoms with van der Waals surface area (Å²) in [7, 11) is 1.62. The number of carbonyl (C=O) groups is 1. The number of aryl methyl sites for hydroxylation is 1. The average molecular weight is 239 g/mol. The van der Waals surface area contributed by atoms with Crippen molar-refractivity contribution in [2.45, 2.75) is 25.5 Å². The van der Waals surface area contributed by atoms with Gasteiger partial charge in [0, 0.05) is 13.7 Å². The lowest BCUT2D eigenvalue weighted by atomic mass is 10.2. The lowest BCUT2D eigenvalue weighted by molar-refractivity contribution is 0.0616. The molecule has 2 rings (SSSR count). The Morgan fingerprint density at radius 2 is 2.41 bits per heavy atom. The summed E-state index contributed by atoms with van der Waals surface area (Å²) in [6, 6.07) is 3.23. The molecular weight excluding hydrogens is 222 g/mol. The molecule has 1 aliphatic heterocycles. The van der Waals surface area contributed by atoms with Gasteiger partial charge in [-0.1, -0.05) is 0 Å². The van der Waals surface area contributed by atoms with Crippen LogP contribution in [-0.4, -0.2) is 48.3 Å². The summed E-state index contributed by atoms with van der Waals surface area (Å²) in [5.41, 5.74) is 0. The maximum absolute atomic E-state index is 12.2. The van der Waals surface area contributed by atoms with Crippen molar-refractivity contribution in [1.29, 1.82) is 0 Å². The maximum atomic E-state index is 12.2. The summed E-state index contributed by atoms with van der Waals surface area (Å²) in [5.74, 6) is 0.839. The Labute approximate surface area is 100.0 Å². The molecule has 5 nitrogen and oxygen atoms in total. The van der Waals surface area contributed by atoms with Gasteiger partial charge in [-0.15, -0.1) is 0 Å². The molecule has 1 aromatic heterocycles. The van der Waals surface area contributed by atoms with E-state index in [1.165, 1.54) is 0 Å². The highest BCUT2D eigenvalue weighted by molar-refractivity contribution is 5.92. The van der Waals surface area contributed by atoms with Crippen molar-refractivity contribution in [3.8, 4) is 0 Å². The molecule has 17 heavy (non-hydrogen) atoms. The van der Waals surface area contributed by atoms with E-state index >= 15 is 0 Å². The topological polar surface area (TPSA) is 62.9 Å². The Morgan fingerprint density at radius 1 is 1.65 bits per heavy atom. The summed E-state index contributed by atoms with van der Waals surface area (Å²) in [5, 5.41) is 9.27. The summed E-state index contributed by atoms with van der Waals surface area (Å²) in [4.78, 5) is 13.8. The molecule has 2 atom stereocenters. The van der Waals surface area contributed by atoms with Crippen LogP contribution in [0.4, 0.5) is 0 Å². The van der Waals surface area contributed by atoms with Crippen molar-refractivity contribution in [2.24, 2.45) is 0 Å². The molecule has 0 spiro atoms. The van der Waals surface area contributed by atoms with Gasteiger partial charge in [0.05, 0.1) is 18.8 Å². The molecule has 2 heterocycles. The number of aliphatic hydroxyl groups is 1. The Morgan fingerprint density at radius 3 is 2.94 bits per heavy atom. The van der Waals surface area contributed by atoms with Crippen LogP contribution < -0.4 is 0 Å². The fourth-order valence-electron chi connectivity index (χ4n) is 2.16. The molecule has 1 N–H and O–H groups in total. The normalized spacial score (nSPS) is 24.3. The minimum Gasteiger partial charge on any atom is -0.456 e. The second kappa shape index (κ2) is 4.89. The number of methoxy groups -OCH3 is 1. The van der Waals surface area contributed by atoms with E-state index in [1.54, 1.807) is 31.1 Å². The molecule has 0 aliphatic carbocycles. The number of furan rings is 1. The van der Waals surface area contributed by atoms with E-state index < -0.39 is 0 Å². The molecule has 0 bridgehead atoms. The number of hydrogen-bond donors (Lipinski definition) is 1. The summed E-state index contributed by atoms with van der Waals surface area (Å²) < 4.78 is 10.5. The summed E-state index contributed by atoms with van der Waals surface area (Å²) in [6.07, 6.45) is 0.658. The fourth-order valence-corrected chi connectivity index (χ4v) is 2.16. The van der Waals surface area contributed by atoms with Crippen LogP contribution in [0.1, 0.15) is 22.7 Å². The minimum atomic E-state index is -0.184. The molecule has 1 fully saturated rings. The van der Waals surface area contributed by atoms with E-state index in [0.29, 0.717) is 24.5 Å². The van der Waals surface area contributed by atoms with E-state index in [9.17, 15) is 9.90 Å². The van der Waals surface area contributed by atoms with E-state index in [-0.39, 0.29) is 24.7 Å². The van der Waals surface area contributed by atoms with Gasteiger partial charge in [-0.3, -0.25) is 4.79 Å². The number of rotatable bonds is 3. The van der Waals surface area contributed by atoms with E-state index in [1.807, 2.05) is 0 Å². The van der Waals surface area contributed by atoms with Gasteiger partial charge in [0.25, 0.3) is 5.91 Å². The summed E-state index contributed by atoms with van der Waals surface area (Å²) in [6.45, 7) is 2.24. The second-order valence-electron chi connectivity index (χ2n) is 4.30. The predicted molar refractivity (Wildman–Crippen MR) is 60.8 cm³/mol. The fraction of sp³-hybridized carbons (Fsp3) is 0.583. The van der Waals surface area contributed by atoms with Crippen molar-refractivity contribution >= 4 is 5.91 Å². The predicted octanol–water partition coefficient (Wildman–Crippen LogP) is 0.810. The molecule has 1 aromatic rings. The standard InChI is InChI=1S/C12H17NO4/c1-8-3-4-11(17-8)12(15)13-6-10(16-2)5-9(13)7-14/h3-4,9-10,14H,5-7H2,1-2H3/t9-,10+/m0/s1. The zero-order valence-corrected chi connectivity index (χ0v) is 10.0. The average Bonchev–Trinajstić information content (AvgIpc) is 2.93. The van der Waals surface area contributed by atoms with Crippen LogP contribution in [-0.2, 0) is 4.74 Å². The van der Waals surface area contributed by atoms with Crippen molar-refractivity contribution in [3.63, 3.8) is 0 Å². The Kier molecular flexibility index (Phi) is 3.49. The first-order valence-electron chi connectivity index (χ1n) is 5.66. The van der Waals surface area contributed by atoms with Crippen molar-refractivity contribution in [3.05, 3.63) is 23.7 Å². The third kappa shape index (κ3) is 2.35. The van der Waals surface area contributed by atoms with Crippen molar-refractivity contribution < 1.29 is 19.1 Å². The Balaban J connectivity index is 2.13. The van der Waals surface area contributed by atoms with Gasteiger partial charge in [-0.05, 0) is 25.5 Å². The van der Waals surface area contributed by atoms with Crippen LogP contribution in [0.5, 0.6) is 0 Å². The molecule has 0 aromatic carbocycles. The first-order valence-corrected chi connectivity index (χ1v) is 5.66. The van der Waals surface area contributed by atoms with Crippen LogP contribution in [0.15, 0.2) is 16.5 Å². The lowest BCUT2D eigenvalue weighted by Gasteiger charge is -2.21. The van der Waals surface area contributed by atoms with E-state index in [4.69, 9.17) is 9.15 Å². The van der Waals surface area contributed by atoms with Crippen molar-refractivity contribution in [1.82, 2.24) is 4.90 Å². The van der Waals surface area contributed by atoms with Crippen LogP contribution in [0.25, 0.3) is 0 Å². The molecule has 0 unspecified atom stereocenters. The quantitative estimate of drug-likeness (QED) is 0.847. The zero-order chi connectivity index (χ0) is 12.4. The molecule has 5 heteroatoms. The monoisotopic (exact) mass is 239 g/mol. The molecule has 1 amide bonds. The van der Waals surface area contributed by atoms with Gasteiger partial charge >= 0.3 is 0 Å². The number of ether oxygens (including phenoxy) is 1. The smallest absolute Gasteiger partial charge is 0.289 e. The molecule has 1 aliphatic rings. The number of hydrogen-bond acceptors (Lipinski definition) is 4. The van der Waals surface area contributed by atoms with Gasteiger partial charge in [0.1, 0.15) is 5.76 Å². The number of likely N-dealkylation sites (tertiary alicyclic amines) is 1. The van der Waals surface area contributed by atoms with Crippen LogP contribution in [0.2, 0.25) is 0 Å². The molecular formula is C12H17NO4. The minimum absolute atomic E-state index is 0.00726. The van der Waals surface area contributed by atoms with Crippen molar-refractivity contribution in [2.75, 3.05) is 20.3 Å². The van der Waals surface area contributed by atoms with Gasteiger partial charge in [-0.2, -0.15) is 0 Å². The molecule has 1 saturated heterocycles. The van der Waals surface area contributed by atoms with Crippen LogP contribution >= 0.6 is 0 Å². The number of nitrogens with zero attached hydrogens (tertiary/aromatic N) is 1. The van der Waals surface area contributed by atoms with E-state index in [0.717, 1.165) is 0 Å². The zero-order valence-electron chi connectivity index (χ0n) is 10.0.